The molecule has 1 aliphatic rings. The minimum absolute atomic E-state index is 0.0485. The Hall–Kier alpha value is -2.11. The van der Waals surface area contributed by atoms with E-state index >= 15 is 0 Å². The molecule has 1 aromatic rings. The molecule has 6 heteroatoms. The van der Waals surface area contributed by atoms with Crippen LogP contribution in [0.5, 0.6) is 0 Å². The van der Waals surface area contributed by atoms with Crippen LogP contribution >= 0.6 is 0 Å². The van der Waals surface area contributed by atoms with Crippen molar-refractivity contribution >= 4 is 12.0 Å². The summed E-state index contributed by atoms with van der Waals surface area (Å²) in [5.74, 6) is -1.27. The lowest BCUT2D eigenvalue weighted by Crippen LogP contribution is -2.49. The topological polar surface area (TPSA) is 69.6 Å². The highest BCUT2D eigenvalue weighted by Gasteiger charge is 2.28. The number of carbonyl (C=O) groups excluding carboxylic acids is 1. The highest BCUT2D eigenvalue weighted by molar-refractivity contribution is 5.76. The Kier molecular flexibility index (Phi) is 5.14. The van der Waals surface area contributed by atoms with E-state index in [0.29, 0.717) is 18.5 Å². The number of halogens is 1. The maximum atomic E-state index is 13.5. The van der Waals surface area contributed by atoms with Crippen LogP contribution in [-0.2, 0) is 11.3 Å². The van der Waals surface area contributed by atoms with Crippen molar-refractivity contribution in [1.29, 1.82) is 0 Å². The van der Waals surface area contributed by atoms with Gasteiger partial charge in [-0.2, -0.15) is 0 Å². The Bertz CT molecular complexity index is 521. The number of hydrogen-bond acceptors (Lipinski definition) is 2. The minimum atomic E-state index is -0.909. The lowest BCUT2D eigenvalue weighted by molar-refractivity contribution is -0.138. The number of likely N-dealkylation sites (tertiary alicyclic amines) is 1. The molecule has 1 unspecified atom stereocenters. The van der Waals surface area contributed by atoms with Crippen molar-refractivity contribution in [3.05, 3.63) is 35.6 Å². The number of carboxylic acids is 1. The van der Waals surface area contributed by atoms with Gasteiger partial charge in [0.25, 0.3) is 0 Å². The summed E-state index contributed by atoms with van der Waals surface area (Å²) in [5.41, 5.74) is 0.414. The molecule has 5 nitrogen and oxygen atoms in total. The summed E-state index contributed by atoms with van der Waals surface area (Å²) in [4.78, 5) is 24.6. The highest BCUT2D eigenvalue weighted by Crippen LogP contribution is 2.20. The first-order valence-electron chi connectivity index (χ1n) is 7.07. The second-order valence-corrected chi connectivity index (χ2v) is 5.19. The van der Waals surface area contributed by atoms with Crippen LogP contribution in [0.15, 0.2) is 24.3 Å². The number of aliphatic carboxylic acids is 1. The van der Waals surface area contributed by atoms with Crippen LogP contribution in [0.2, 0.25) is 0 Å². The zero-order chi connectivity index (χ0) is 15.2. The first kappa shape index (κ1) is 15.3. The predicted octanol–water partition coefficient (Wildman–Crippen LogP) is 2.36. The van der Waals surface area contributed by atoms with E-state index in [1.165, 1.54) is 6.07 Å². The van der Waals surface area contributed by atoms with Crippen molar-refractivity contribution in [2.24, 2.45) is 0 Å². The van der Waals surface area contributed by atoms with E-state index in [1.54, 1.807) is 23.1 Å². The molecule has 0 spiro atoms. The van der Waals surface area contributed by atoms with Gasteiger partial charge in [-0.05, 0) is 25.3 Å². The van der Waals surface area contributed by atoms with Crippen LogP contribution < -0.4 is 5.32 Å². The number of nitrogens with one attached hydrogen (secondary N) is 1. The fraction of sp³-hybridized carbons (Fsp3) is 0.467. The molecule has 0 aromatic heterocycles. The van der Waals surface area contributed by atoms with Gasteiger partial charge in [0.1, 0.15) is 5.82 Å². The average Bonchev–Trinajstić information content (AvgIpc) is 2.46. The van der Waals surface area contributed by atoms with Gasteiger partial charge in [-0.15, -0.1) is 0 Å². The van der Waals surface area contributed by atoms with Gasteiger partial charge in [0.15, 0.2) is 0 Å². The second kappa shape index (κ2) is 7.06. The molecule has 1 aliphatic heterocycles. The second-order valence-electron chi connectivity index (χ2n) is 5.19. The number of benzene rings is 1. The zero-order valence-electron chi connectivity index (χ0n) is 11.7. The number of carboxylic acid groups (broad SMARTS) is 1. The zero-order valence-corrected chi connectivity index (χ0v) is 11.7. The molecule has 0 saturated carbocycles. The van der Waals surface area contributed by atoms with Gasteiger partial charge in [0, 0.05) is 24.7 Å². The molecule has 21 heavy (non-hydrogen) atoms. The van der Waals surface area contributed by atoms with E-state index in [9.17, 15) is 14.0 Å². The minimum Gasteiger partial charge on any atom is -0.481 e. The molecule has 1 atom stereocenters. The third-order valence-electron chi connectivity index (χ3n) is 3.69. The third-order valence-corrected chi connectivity index (χ3v) is 3.69. The molecule has 1 fully saturated rings. The first-order chi connectivity index (χ1) is 10.1. The maximum absolute atomic E-state index is 13.5. The third kappa shape index (κ3) is 4.18. The normalized spacial score (nSPS) is 18.3. The summed E-state index contributed by atoms with van der Waals surface area (Å²) in [6.45, 7) is 0.642. The maximum Gasteiger partial charge on any atom is 0.317 e. The molecule has 1 aromatic carbocycles. The summed E-state index contributed by atoms with van der Waals surface area (Å²) in [5, 5.41) is 11.6. The number of nitrogens with zero attached hydrogens (tertiary/aromatic N) is 1. The molecule has 2 amide bonds. The molecule has 0 radical (unpaired) electrons. The van der Waals surface area contributed by atoms with Gasteiger partial charge in [0.05, 0.1) is 6.42 Å². The van der Waals surface area contributed by atoms with E-state index in [-0.39, 0.29) is 30.9 Å². The number of hydrogen-bond donors (Lipinski definition) is 2. The van der Waals surface area contributed by atoms with Crippen LogP contribution in [-0.4, -0.2) is 34.6 Å². The Morgan fingerprint density at radius 2 is 2.10 bits per heavy atom. The van der Waals surface area contributed by atoms with Gasteiger partial charge in [-0.3, -0.25) is 4.79 Å². The van der Waals surface area contributed by atoms with Crippen LogP contribution in [0, 0.1) is 5.82 Å². The van der Waals surface area contributed by atoms with E-state index in [2.05, 4.69) is 5.32 Å². The molecule has 114 valence electrons. The van der Waals surface area contributed by atoms with Gasteiger partial charge in [-0.25, -0.2) is 9.18 Å². The number of carbonyl (C=O) groups is 2. The van der Waals surface area contributed by atoms with Gasteiger partial charge >= 0.3 is 12.0 Å². The lowest BCUT2D eigenvalue weighted by atomic mass is 10.00. The average molecular weight is 294 g/mol. The number of urea groups is 1. The molecule has 2 N–H and O–H groups in total. The Morgan fingerprint density at radius 1 is 1.33 bits per heavy atom. The summed E-state index contributed by atoms with van der Waals surface area (Å²) in [6.07, 6.45) is 2.44. The Balaban J connectivity index is 1.94. The lowest BCUT2D eigenvalue weighted by Gasteiger charge is -2.34. The van der Waals surface area contributed by atoms with E-state index in [1.807, 2.05) is 0 Å². The van der Waals surface area contributed by atoms with Crippen LogP contribution in [0.3, 0.4) is 0 Å². The summed E-state index contributed by atoms with van der Waals surface area (Å²) in [6, 6.07) is 5.64. The van der Waals surface area contributed by atoms with Crippen molar-refractivity contribution in [1.82, 2.24) is 10.2 Å². The largest absolute Gasteiger partial charge is 0.481 e. The predicted molar refractivity (Wildman–Crippen MR) is 75.2 cm³/mol. The fourth-order valence-corrected chi connectivity index (χ4v) is 2.60. The van der Waals surface area contributed by atoms with Crippen molar-refractivity contribution in [3.63, 3.8) is 0 Å². The van der Waals surface area contributed by atoms with E-state index < -0.39 is 5.97 Å². The fourth-order valence-electron chi connectivity index (χ4n) is 2.60. The molecular weight excluding hydrogens is 275 g/mol. The molecule has 0 aliphatic carbocycles. The molecule has 0 bridgehead atoms. The van der Waals surface area contributed by atoms with Crippen molar-refractivity contribution < 1.29 is 19.1 Å². The Morgan fingerprint density at radius 3 is 2.81 bits per heavy atom. The van der Waals surface area contributed by atoms with E-state index in [4.69, 9.17) is 5.11 Å². The number of piperidine rings is 1. The van der Waals surface area contributed by atoms with Crippen molar-refractivity contribution in [2.45, 2.75) is 38.3 Å². The number of amides is 2. The Labute approximate surface area is 122 Å². The summed E-state index contributed by atoms with van der Waals surface area (Å²) in [7, 11) is 0. The van der Waals surface area contributed by atoms with Gasteiger partial charge in [0.2, 0.25) is 0 Å². The monoisotopic (exact) mass is 294 g/mol. The quantitative estimate of drug-likeness (QED) is 0.895. The molecular formula is C15H19FN2O3. The highest BCUT2D eigenvalue weighted by atomic mass is 19.1. The standard InChI is InChI=1S/C15H19FN2O3/c16-13-7-2-1-5-11(13)10-17-15(21)18-8-4-3-6-12(18)9-14(19)20/h1-2,5,7,12H,3-4,6,8-10H2,(H,17,21)(H,19,20). The number of rotatable bonds is 4. The van der Waals surface area contributed by atoms with Gasteiger partial charge in [-0.1, -0.05) is 18.2 Å². The molecule has 1 heterocycles. The SMILES string of the molecule is O=C(O)CC1CCCCN1C(=O)NCc1ccccc1F. The first-order valence-corrected chi connectivity index (χ1v) is 7.07. The van der Waals surface area contributed by atoms with Crippen LogP contribution in [0.25, 0.3) is 0 Å². The smallest absolute Gasteiger partial charge is 0.317 e. The van der Waals surface area contributed by atoms with Gasteiger partial charge < -0.3 is 15.3 Å². The summed E-state index contributed by atoms with van der Waals surface area (Å²) >= 11 is 0. The van der Waals surface area contributed by atoms with Crippen molar-refractivity contribution in [2.75, 3.05) is 6.54 Å². The van der Waals surface area contributed by atoms with Crippen molar-refractivity contribution in [3.8, 4) is 0 Å². The van der Waals surface area contributed by atoms with E-state index in [0.717, 1.165) is 12.8 Å². The summed E-state index contributed by atoms with van der Waals surface area (Å²) < 4.78 is 13.5. The van der Waals surface area contributed by atoms with Crippen LogP contribution in [0.1, 0.15) is 31.2 Å². The van der Waals surface area contributed by atoms with Crippen LogP contribution in [0.4, 0.5) is 9.18 Å². The molecule has 1 saturated heterocycles. The molecule has 2 rings (SSSR count).